The SMILES string of the molecule is COc1ccc(N)c(SCC(=O)NNc2ccccn2)c1. The number of thioether (sulfide) groups is 1. The average Bonchev–Trinajstić information content (AvgIpc) is 2.53. The highest BCUT2D eigenvalue weighted by Gasteiger charge is 2.06. The van der Waals surface area contributed by atoms with Gasteiger partial charge in [0.05, 0.1) is 12.9 Å². The third-order valence-corrected chi connectivity index (χ3v) is 3.65. The number of nitrogens with one attached hydrogen (secondary N) is 2. The highest BCUT2D eigenvalue weighted by molar-refractivity contribution is 8.00. The summed E-state index contributed by atoms with van der Waals surface area (Å²) in [5.74, 6) is 1.35. The van der Waals surface area contributed by atoms with Gasteiger partial charge in [0.25, 0.3) is 0 Å². The molecular weight excluding hydrogens is 288 g/mol. The fraction of sp³-hybridized carbons (Fsp3) is 0.143. The number of ether oxygens (including phenoxy) is 1. The van der Waals surface area contributed by atoms with E-state index in [0.717, 1.165) is 4.90 Å². The molecule has 6 nitrogen and oxygen atoms in total. The zero-order chi connectivity index (χ0) is 15.1. The number of pyridine rings is 1. The van der Waals surface area contributed by atoms with Gasteiger partial charge in [0, 0.05) is 16.8 Å². The van der Waals surface area contributed by atoms with Crippen LogP contribution in [-0.2, 0) is 4.79 Å². The maximum Gasteiger partial charge on any atom is 0.248 e. The minimum atomic E-state index is -0.173. The van der Waals surface area contributed by atoms with Crippen molar-refractivity contribution in [3.63, 3.8) is 0 Å². The monoisotopic (exact) mass is 304 g/mol. The Balaban J connectivity index is 1.84. The van der Waals surface area contributed by atoms with Crippen LogP contribution in [0.2, 0.25) is 0 Å². The first-order valence-electron chi connectivity index (χ1n) is 6.21. The molecule has 0 atom stereocenters. The molecular formula is C14H16N4O2S. The van der Waals surface area contributed by atoms with Crippen LogP contribution in [0.5, 0.6) is 5.75 Å². The molecule has 21 heavy (non-hydrogen) atoms. The minimum Gasteiger partial charge on any atom is -0.497 e. The summed E-state index contributed by atoms with van der Waals surface area (Å²) in [6, 6.07) is 10.7. The molecule has 1 aromatic heterocycles. The second-order valence-corrected chi connectivity index (χ2v) is 5.10. The van der Waals surface area contributed by atoms with E-state index in [1.165, 1.54) is 11.8 Å². The van der Waals surface area contributed by atoms with Gasteiger partial charge in [0.15, 0.2) is 0 Å². The van der Waals surface area contributed by atoms with Crippen molar-refractivity contribution in [1.82, 2.24) is 10.4 Å². The second-order valence-electron chi connectivity index (χ2n) is 4.08. The van der Waals surface area contributed by atoms with Crippen molar-refractivity contribution in [3.8, 4) is 5.75 Å². The van der Waals surface area contributed by atoms with Crippen LogP contribution in [-0.4, -0.2) is 23.8 Å². The van der Waals surface area contributed by atoms with Crippen LogP contribution in [0.3, 0.4) is 0 Å². The molecule has 7 heteroatoms. The first-order valence-corrected chi connectivity index (χ1v) is 7.20. The molecule has 2 rings (SSSR count). The van der Waals surface area contributed by atoms with Crippen molar-refractivity contribution in [2.75, 3.05) is 24.0 Å². The van der Waals surface area contributed by atoms with Gasteiger partial charge in [-0.15, -0.1) is 11.8 Å². The summed E-state index contributed by atoms with van der Waals surface area (Å²) in [5, 5.41) is 0. The van der Waals surface area contributed by atoms with E-state index >= 15 is 0 Å². The standard InChI is InChI=1S/C14H16N4O2S/c1-20-10-5-6-11(15)12(8-10)21-9-14(19)18-17-13-4-2-3-7-16-13/h2-8H,9,15H2,1H3,(H,16,17)(H,18,19). The number of nitrogens with two attached hydrogens (primary N) is 1. The van der Waals surface area contributed by atoms with E-state index in [2.05, 4.69) is 15.8 Å². The quantitative estimate of drug-likeness (QED) is 0.429. The van der Waals surface area contributed by atoms with Crippen molar-refractivity contribution >= 4 is 29.2 Å². The first-order chi connectivity index (χ1) is 10.2. The molecule has 1 heterocycles. The molecule has 4 N–H and O–H groups in total. The topological polar surface area (TPSA) is 89.3 Å². The van der Waals surface area contributed by atoms with Gasteiger partial charge in [-0.05, 0) is 30.3 Å². The van der Waals surface area contributed by atoms with E-state index in [9.17, 15) is 4.79 Å². The Labute approximate surface area is 127 Å². The van der Waals surface area contributed by atoms with Gasteiger partial charge in [-0.1, -0.05) is 6.07 Å². The van der Waals surface area contributed by atoms with Crippen LogP contribution < -0.4 is 21.3 Å². The van der Waals surface area contributed by atoms with Crippen molar-refractivity contribution < 1.29 is 9.53 Å². The number of nitrogen functional groups attached to an aromatic ring is 1. The molecule has 0 saturated carbocycles. The Morgan fingerprint density at radius 2 is 2.24 bits per heavy atom. The Hall–Kier alpha value is -2.41. The molecule has 0 spiro atoms. The van der Waals surface area contributed by atoms with Crippen LogP contribution in [0.15, 0.2) is 47.5 Å². The lowest BCUT2D eigenvalue weighted by atomic mass is 10.3. The van der Waals surface area contributed by atoms with Crippen LogP contribution in [0, 0.1) is 0 Å². The zero-order valence-corrected chi connectivity index (χ0v) is 12.3. The second kappa shape index (κ2) is 7.39. The first kappa shape index (κ1) is 15.0. The van der Waals surface area contributed by atoms with Crippen LogP contribution >= 0.6 is 11.8 Å². The summed E-state index contributed by atoms with van der Waals surface area (Å²) >= 11 is 1.34. The van der Waals surface area contributed by atoms with Crippen molar-refractivity contribution in [2.45, 2.75) is 4.90 Å². The van der Waals surface area contributed by atoms with Gasteiger partial charge >= 0.3 is 0 Å². The molecule has 1 amide bonds. The number of hydrazine groups is 1. The Bertz CT molecular complexity index is 607. The third kappa shape index (κ3) is 4.57. The number of hydrogen-bond acceptors (Lipinski definition) is 6. The van der Waals surface area contributed by atoms with Crippen molar-refractivity contribution in [1.29, 1.82) is 0 Å². The highest BCUT2D eigenvalue weighted by atomic mass is 32.2. The number of carbonyl (C=O) groups is 1. The van der Waals surface area contributed by atoms with E-state index in [4.69, 9.17) is 10.5 Å². The highest BCUT2D eigenvalue weighted by Crippen LogP contribution is 2.28. The molecule has 0 saturated heterocycles. The molecule has 0 aliphatic rings. The Morgan fingerprint density at radius 1 is 1.38 bits per heavy atom. The number of hydrogen-bond donors (Lipinski definition) is 3. The summed E-state index contributed by atoms with van der Waals surface area (Å²) in [6.07, 6.45) is 1.64. The largest absolute Gasteiger partial charge is 0.497 e. The number of benzene rings is 1. The number of rotatable bonds is 6. The van der Waals surface area contributed by atoms with E-state index < -0.39 is 0 Å². The number of aromatic nitrogens is 1. The smallest absolute Gasteiger partial charge is 0.248 e. The van der Waals surface area contributed by atoms with Gasteiger partial charge in [-0.2, -0.15) is 0 Å². The Kier molecular flexibility index (Phi) is 5.28. The van der Waals surface area contributed by atoms with E-state index in [1.54, 1.807) is 43.6 Å². The zero-order valence-electron chi connectivity index (χ0n) is 11.5. The van der Waals surface area contributed by atoms with Gasteiger partial charge in [0.1, 0.15) is 11.6 Å². The fourth-order valence-corrected chi connectivity index (χ4v) is 2.31. The molecule has 0 aliphatic carbocycles. The fourth-order valence-electron chi connectivity index (χ4n) is 1.52. The van der Waals surface area contributed by atoms with Gasteiger partial charge in [-0.25, -0.2) is 4.98 Å². The summed E-state index contributed by atoms with van der Waals surface area (Å²) < 4.78 is 5.13. The molecule has 0 aliphatic heterocycles. The molecule has 0 fully saturated rings. The molecule has 0 bridgehead atoms. The number of carbonyl (C=O) groups excluding carboxylic acids is 1. The van der Waals surface area contributed by atoms with Crippen molar-refractivity contribution in [3.05, 3.63) is 42.6 Å². The Morgan fingerprint density at radius 3 is 2.95 bits per heavy atom. The maximum absolute atomic E-state index is 11.8. The van der Waals surface area contributed by atoms with E-state index in [1.807, 2.05) is 6.07 Å². The lowest BCUT2D eigenvalue weighted by Gasteiger charge is -2.09. The number of amides is 1. The predicted octanol–water partition coefficient (Wildman–Crippen LogP) is 1.91. The van der Waals surface area contributed by atoms with Crippen LogP contribution in [0.1, 0.15) is 0 Å². The summed E-state index contributed by atoms with van der Waals surface area (Å²) in [6.45, 7) is 0. The predicted molar refractivity (Wildman–Crippen MR) is 84.1 cm³/mol. The molecule has 0 unspecified atom stereocenters. The lowest BCUT2D eigenvalue weighted by Crippen LogP contribution is -2.31. The summed E-state index contributed by atoms with van der Waals surface area (Å²) in [4.78, 5) is 16.6. The maximum atomic E-state index is 11.8. The van der Waals surface area contributed by atoms with E-state index in [-0.39, 0.29) is 11.7 Å². The van der Waals surface area contributed by atoms with Crippen LogP contribution in [0.25, 0.3) is 0 Å². The van der Waals surface area contributed by atoms with E-state index in [0.29, 0.717) is 17.3 Å². The summed E-state index contributed by atoms with van der Waals surface area (Å²) in [7, 11) is 1.59. The van der Waals surface area contributed by atoms with Gasteiger partial charge in [0.2, 0.25) is 5.91 Å². The van der Waals surface area contributed by atoms with Crippen LogP contribution in [0.4, 0.5) is 11.5 Å². The normalized spacial score (nSPS) is 9.95. The van der Waals surface area contributed by atoms with Gasteiger partial charge < -0.3 is 10.5 Å². The van der Waals surface area contributed by atoms with Crippen molar-refractivity contribution in [2.24, 2.45) is 0 Å². The molecule has 1 aromatic carbocycles. The number of anilines is 2. The lowest BCUT2D eigenvalue weighted by molar-refractivity contribution is -0.118. The van der Waals surface area contributed by atoms with Gasteiger partial charge in [-0.3, -0.25) is 15.6 Å². The third-order valence-electron chi connectivity index (χ3n) is 2.57. The molecule has 0 radical (unpaired) electrons. The minimum absolute atomic E-state index is 0.173. The number of methoxy groups -OCH3 is 1. The summed E-state index contributed by atoms with van der Waals surface area (Å²) in [5.41, 5.74) is 11.8. The molecule has 110 valence electrons. The number of nitrogens with zero attached hydrogens (tertiary/aromatic N) is 1. The average molecular weight is 304 g/mol. The molecule has 2 aromatic rings.